The van der Waals surface area contributed by atoms with Gasteiger partial charge in [0.1, 0.15) is 5.84 Å². The number of sulfonamides is 1. The third-order valence-electron chi connectivity index (χ3n) is 2.41. The molecular weight excluding hydrogens is 242 g/mol. The summed E-state index contributed by atoms with van der Waals surface area (Å²) in [5.41, 5.74) is 7.58. The Balaban J connectivity index is 2.49. The van der Waals surface area contributed by atoms with Crippen molar-refractivity contribution in [3.8, 4) is 0 Å². The summed E-state index contributed by atoms with van der Waals surface area (Å²) in [6.07, 6.45) is 0. The number of rotatable bonds is 3. The van der Waals surface area contributed by atoms with Gasteiger partial charge in [0.2, 0.25) is 0 Å². The van der Waals surface area contributed by atoms with Crippen LogP contribution in [0.25, 0.3) is 0 Å². The standard InChI is InChI=1S/C10H13N3O3S/c11-10-9-7(6-17(15,16)13-10)2-1-3-8(9)12-4-5-14/h1-3,12,14H,4-6H2,(H2,11,13). The Kier molecular flexibility index (Phi) is 3.03. The first-order chi connectivity index (χ1) is 8.03. The van der Waals surface area contributed by atoms with Crippen LogP contribution in [0.3, 0.4) is 0 Å². The number of hydrogen-bond acceptors (Lipinski definition) is 5. The molecule has 6 nitrogen and oxygen atoms in total. The van der Waals surface area contributed by atoms with E-state index in [1.165, 1.54) is 0 Å². The van der Waals surface area contributed by atoms with Crippen molar-refractivity contribution in [1.29, 1.82) is 0 Å². The van der Waals surface area contributed by atoms with E-state index in [4.69, 9.17) is 10.8 Å². The van der Waals surface area contributed by atoms with Gasteiger partial charge in [-0.15, -0.1) is 4.40 Å². The molecule has 2 rings (SSSR count). The molecule has 0 radical (unpaired) electrons. The second kappa shape index (κ2) is 4.34. The van der Waals surface area contributed by atoms with E-state index in [1.54, 1.807) is 18.2 Å². The summed E-state index contributed by atoms with van der Waals surface area (Å²) < 4.78 is 26.3. The Bertz CT molecular complexity index is 566. The highest BCUT2D eigenvalue weighted by Crippen LogP contribution is 2.26. The van der Waals surface area contributed by atoms with Gasteiger partial charge in [-0.3, -0.25) is 0 Å². The quantitative estimate of drug-likeness (QED) is 0.684. The maximum atomic E-state index is 11.4. The molecule has 1 heterocycles. The molecule has 0 bridgehead atoms. The molecule has 0 aliphatic carbocycles. The molecule has 0 unspecified atom stereocenters. The van der Waals surface area contributed by atoms with Crippen LogP contribution in [-0.4, -0.2) is 32.5 Å². The Morgan fingerprint density at radius 1 is 1.47 bits per heavy atom. The number of nitrogens with two attached hydrogens (primary N) is 1. The van der Waals surface area contributed by atoms with E-state index >= 15 is 0 Å². The van der Waals surface area contributed by atoms with Crippen molar-refractivity contribution in [2.24, 2.45) is 10.1 Å². The fourth-order valence-corrected chi connectivity index (χ4v) is 2.87. The summed E-state index contributed by atoms with van der Waals surface area (Å²) in [4.78, 5) is 0. The molecule has 0 aromatic heterocycles. The fourth-order valence-electron chi connectivity index (χ4n) is 1.79. The van der Waals surface area contributed by atoms with Crippen LogP contribution >= 0.6 is 0 Å². The second-order valence-electron chi connectivity index (χ2n) is 3.69. The smallest absolute Gasteiger partial charge is 0.259 e. The van der Waals surface area contributed by atoms with E-state index in [0.717, 1.165) is 0 Å². The van der Waals surface area contributed by atoms with E-state index in [9.17, 15) is 8.42 Å². The number of hydrogen-bond donors (Lipinski definition) is 3. The van der Waals surface area contributed by atoms with Crippen LogP contribution in [-0.2, 0) is 15.8 Å². The number of anilines is 1. The SMILES string of the molecule is NC1=NS(=O)(=O)Cc2cccc(NCCO)c21. The van der Waals surface area contributed by atoms with E-state index in [0.29, 0.717) is 23.4 Å². The van der Waals surface area contributed by atoms with Gasteiger partial charge in [0.05, 0.1) is 12.4 Å². The van der Waals surface area contributed by atoms with Crippen molar-refractivity contribution >= 4 is 21.5 Å². The van der Waals surface area contributed by atoms with Crippen LogP contribution in [0.4, 0.5) is 5.69 Å². The normalized spacial score (nSPS) is 17.1. The lowest BCUT2D eigenvalue weighted by atomic mass is 10.1. The number of aliphatic hydroxyl groups is 1. The number of fused-ring (bicyclic) bond motifs is 1. The molecule has 17 heavy (non-hydrogen) atoms. The van der Waals surface area contributed by atoms with E-state index in [1.807, 2.05) is 0 Å². The fraction of sp³-hybridized carbons (Fsp3) is 0.300. The Morgan fingerprint density at radius 2 is 2.24 bits per heavy atom. The van der Waals surface area contributed by atoms with Crippen LogP contribution in [0.5, 0.6) is 0 Å². The van der Waals surface area contributed by atoms with Crippen molar-refractivity contribution in [3.63, 3.8) is 0 Å². The maximum Gasteiger partial charge on any atom is 0.259 e. The summed E-state index contributed by atoms with van der Waals surface area (Å²) in [5.74, 6) is -0.148. The van der Waals surface area contributed by atoms with Gasteiger partial charge in [-0.05, 0) is 11.6 Å². The summed E-state index contributed by atoms with van der Waals surface area (Å²) in [5, 5.41) is 11.7. The van der Waals surface area contributed by atoms with Crippen LogP contribution in [0, 0.1) is 0 Å². The lowest BCUT2D eigenvalue weighted by Crippen LogP contribution is -2.25. The molecule has 0 atom stereocenters. The summed E-state index contributed by atoms with van der Waals surface area (Å²) in [6, 6.07) is 5.22. The van der Waals surface area contributed by atoms with E-state index in [-0.39, 0.29) is 18.2 Å². The molecule has 1 aromatic carbocycles. The van der Waals surface area contributed by atoms with E-state index < -0.39 is 10.0 Å². The summed E-state index contributed by atoms with van der Waals surface area (Å²) >= 11 is 0. The number of amidine groups is 1. The first kappa shape index (κ1) is 11.9. The molecule has 1 aliphatic rings. The lowest BCUT2D eigenvalue weighted by Gasteiger charge is -2.18. The molecule has 7 heteroatoms. The molecule has 0 saturated carbocycles. The summed E-state index contributed by atoms with van der Waals surface area (Å²) in [7, 11) is -3.50. The van der Waals surface area contributed by atoms with Gasteiger partial charge in [-0.2, -0.15) is 0 Å². The average Bonchev–Trinajstić information content (AvgIpc) is 2.23. The molecule has 0 amide bonds. The van der Waals surface area contributed by atoms with Crippen LogP contribution < -0.4 is 11.1 Å². The monoisotopic (exact) mass is 255 g/mol. The molecule has 0 saturated heterocycles. The Morgan fingerprint density at radius 3 is 2.94 bits per heavy atom. The number of nitrogens with one attached hydrogen (secondary N) is 1. The predicted molar refractivity (Wildman–Crippen MR) is 65.4 cm³/mol. The average molecular weight is 255 g/mol. The van der Waals surface area contributed by atoms with Gasteiger partial charge in [-0.25, -0.2) is 8.42 Å². The van der Waals surface area contributed by atoms with Crippen molar-refractivity contribution in [1.82, 2.24) is 0 Å². The third kappa shape index (κ3) is 2.40. The predicted octanol–water partition coefficient (Wildman–Crippen LogP) is -0.360. The minimum Gasteiger partial charge on any atom is -0.395 e. The largest absolute Gasteiger partial charge is 0.395 e. The Labute approximate surface area is 99.2 Å². The van der Waals surface area contributed by atoms with Crippen LogP contribution in [0.2, 0.25) is 0 Å². The second-order valence-corrected chi connectivity index (χ2v) is 5.33. The Hall–Kier alpha value is -1.60. The van der Waals surface area contributed by atoms with Crippen LogP contribution in [0.1, 0.15) is 11.1 Å². The molecule has 1 aromatic rings. The molecule has 92 valence electrons. The zero-order chi connectivity index (χ0) is 12.5. The van der Waals surface area contributed by atoms with Crippen molar-refractivity contribution in [2.75, 3.05) is 18.5 Å². The lowest BCUT2D eigenvalue weighted by molar-refractivity contribution is 0.311. The highest BCUT2D eigenvalue weighted by molar-refractivity contribution is 7.89. The first-order valence-electron chi connectivity index (χ1n) is 5.08. The van der Waals surface area contributed by atoms with E-state index in [2.05, 4.69) is 9.71 Å². The van der Waals surface area contributed by atoms with Crippen LogP contribution in [0.15, 0.2) is 22.6 Å². The number of benzene rings is 1. The van der Waals surface area contributed by atoms with Gasteiger partial charge >= 0.3 is 0 Å². The van der Waals surface area contributed by atoms with Gasteiger partial charge in [0, 0.05) is 17.8 Å². The minimum atomic E-state index is -3.50. The molecule has 4 N–H and O–H groups in total. The molecular formula is C10H13N3O3S. The molecule has 1 aliphatic heterocycles. The molecule has 0 fully saturated rings. The van der Waals surface area contributed by atoms with Crippen molar-refractivity contribution in [2.45, 2.75) is 5.75 Å². The molecule has 0 spiro atoms. The van der Waals surface area contributed by atoms with Gasteiger partial charge < -0.3 is 16.2 Å². The summed E-state index contributed by atoms with van der Waals surface area (Å²) in [6.45, 7) is 0.357. The van der Waals surface area contributed by atoms with Crippen molar-refractivity contribution < 1.29 is 13.5 Å². The third-order valence-corrected chi connectivity index (χ3v) is 3.56. The highest BCUT2D eigenvalue weighted by Gasteiger charge is 2.24. The minimum absolute atomic E-state index is 0.00714. The number of nitrogens with zero attached hydrogens (tertiary/aromatic N) is 1. The zero-order valence-corrected chi connectivity index (χ0v) is 9.87. The van der Waals surface area contributed by atoms with Crippen molar-refractivity contribution in [3.05, 3.63) is 29.3 Å². The number of aliphatic hydroxyl groups excluding tert-OH is 1. The van der Waals surface area contributed by atoms with Gasteiger partial charge in [0.15, 0.2) is 0 Å². The van der Waals surface area contributed by atoms with Gasteiger partial charge in [0.25, 0.3) is 10.0 Å². The first-order valence-corrected chi connectivity index (χ1v) is 6.69. The maximum absolute atomic E-state index is 11.4. The zero-order valence-electron chi connectivity index (χ0n) is 9.05. The van der Waals surface area contributed by atoms with Gasteiger partial charge in [-0.1, -0.05) is 12.1 Å². The highest BCUT2D eigenvalue weighted by atomic mass is 32.2. The topological polar surface area (TPSA) is 105 Å².